The van der Waals surface area contributed by atoms with Crippen LogP contribution in [0.5, 0.6) is 0 Å². The van der Waals surface area contributed by atoms with E-state index in [1.807, 2.05) is 0 Å². The second-order valence-corrected chi connectivity index (χ2v) is 6.14. The van der Waals surface area contributed by atoms with Crippen LogP contribution in [-0.2, 0) is 0 Å². The molecule has 2 heteroatoms. The van der Waals surface area contributed by atoms with Crippen molar-refractivity contribution in [2.24, 2.45) is 10.8 Å². The highest BCUT2D eigenvalue weighted by molar-refractivity contribution is 7.80. The molecule has 2 rings (SSSR count). The van der Waals surface area contributed by atoms with Crippen molar-refractivity contribution in [3.63, 3.8) is 0 Å². The number of likely N-dealkylation sites (tertiary alicyclic amines) is 1. The van der Waals surface area contributed by atoms with E-state index < -0.39 is 0 Å². The van der Waals surface area contributed by atoms with Gasteiger partial charge < -0.3 is 4.90 Å². The highest BCUT2D eigenvalue weighted by Crippen LogP contribution is 2.44. The fraction of sp³-hybridized carbons (Fsp3) is 1.00. The third-order valence-electron chi connectivity index (χ3n) is 3.61. The maximum Gasteiger partial charge on any atom is 0.00463 e. The van der Waals surface area contributed by atoms with E-state index in [1.54, 1.807) is 0 Å². The molecule has 0 radical (unpaired) electrons. The normalized spacial score (nSPS) is 30.7. The lowest BCUT2D eigenvalue weighted by molar-refractivity contribution is -0.0211. The Bertz CT molecular complexity index is 183. The van der Waals surface area contributed by atoms with Gasteiger partial charge in [0.1, 0.15) is 0 Å². The monoisotopic (exact) mass is 199 g/mol. The Morgan fingerprint density at radius 2 is 1.85 bits per heavy atom. The summed E-state index contributed by atoms with van der Waals surface area (Å²) in [5.74, 6) is 1.09. The average molecular weight is 199 g/mol. The van der Waals surface area contributed by atoms with Crippen molar-refractivity contribution in [3.05, 3.63) is 0 Å². The van der Waals surface area contributed by atoms with Crippen LogP contribution in [0, 0.1) is 10.8 Å². The molecule has 0 aromatic carbocycles. The average Bonchev–Trinajstić information content (AvgIpc) is 1.92. The fourth-order valence-corrected chi connectivity index (χ4v) is 3.21. The summed E-state index contributed by atoms with van der Waals surface area (Å²) in [6, 6.07) is 0. The molecule has 0 aromatic rings. The van der Waals surface area contributed by atoms with Crippen molar-refractivity contribution in [1.82, 2.24) is 4.90 Å². The van der Waals surface area contributed by atoms with E-state index in [9.17, 15) is 0 Å². The Morgan fingerprint density at radius 3 is 2.15 bits per heavy atom. The summed E-state index contributed by atoms with van der Waals surface area (Å²) >= 11 is 4.49. The Kier molecular flexibility index (Phi) is 2.40. The predicted octanol–water partition coefficient (Wildman–Crippen LogP) is 2.43. The summed E-state index contributed by atoms with van der Waals surface area (Å²) in [6.45, 7) is 8.61. The fourth-order valence-electron chi connectivity index (χ4n) is 2.79. The van der Waals surface area contributed by atoms with Gasteiger partial charge in [-0.1, -0.05) is 20.3 Å². The molecule has 0 aromatic heterocycles. The van der Waals surface area contributed by atoms with Gasteiger partial charge in [-0.25, -0.2) is 0 Å². The second kappa shape index (κ2) is 3.16. The van der Waals surface area contributed by atoms with Crippen LogP contribution in [0.2, 0.25) is 0 Å². The molecular formula is C11H21NS. The van der Waals surface area contributed by atoms with E-state index in [2.05, 4.69) is 31.4 Å². The molecule has 13 heavy (non-hydrogen) atoms. The zero-order valence-corrected chi connectivity index (χ0v) is 9.74. The molecule has 0 N–H and O–H groups in total. The zero-order chi connectivity index (χ0) is 9.53. The maximum atomic E-state index is 4.49. The molecule has 1 heterocycles. The minimum Gasteiger partial charge on any atom is -0.302 e. The van der Waals surface area contributed by atoms with Crippen molar-refractivity contribution in [2.45, 2.75) is 33.1 Å². The van der Waals surface area contributed by atoms with Crippen molar-refractivity contribution >= 4 is 12.6 Å². The lowest BCUT2D eigenvalue weighted by Gasteiger charge is -2.52. The van der Waals surface area contributed by atoms with Crippen LogP contribution < -0.4 is 0 Å². The molecule has 1 saturated heterocycles. The molecule has 0 amide bonds. The molecule has 1 saturated carbocycles. The van der Waals surface area contributed by atoms with Gasteiger partial charge in [-0.15, -0.1) is 0 Å². The van der Waals surface area contributed by atoms with Crippen LogP contribution in [-0.4, -0.2) is 30.3 Å². The van der Waals surface area contributed by atoms with Crippen LogP contribution in [0.25, 0.3) is 0 Å². The first-order valence-corrected chi connectivity index (χ1v) is 6.02. The van der Waals surface area contributed by atoms with Crippen molar-refractivity contribution in [3.8, 4) is 0 Å². The molecule has 0 bridgehead atoms. The molecule has 76 valence electrons. The molecule has 0 unspecified atom stereocenters. The maximum absolute atomic E-state index is 4.49. The van der Waals surface area contributed by atoms with Crippen LogP contribution in [0.4, 0.5) is 0 Å². The largest absolute Gasteiger partial charge is 0.302 e. The van der Waals surface area contributed by atoms with Gasteiger partial charge in [0, 0.05) is 19.6 Å². The van der Waals surface area contributed by atoms with Gasteiger partial charge in [-0.05, 0) is 29.4 Å². The Morgan fingerprint density at radius 1 is 1.23 bits per heavy atom. The standard InChI is InChI=1S/C11H21NS/c1-10(2)6-12(7-10)8-11(9-13)4-3-5-11/h13H,3-9H2,1-2H3. The van der Waals surface area contributed by atoms with E-state index in [0.717, 1.165) is 5.75 Å². The first-order chi connectivity index (χ1) is 6.05. The summed E-state index contributed by atoms with van der Waals surface area (Å²) in [7, 11) is 0. The molecule has 0 atom stereocenters. The van der Waals surface area contributed by atoms with Gasteiger partial charge in [-0.3, -0.25) is 0 Å². The summed E-state index contributed by atoms with van der Waals surface area (Å²) < 4.78 is 0. The number of thiol groups is 1. The molecule has 1 aliphatic heterocycles. The summed E-state index contributed by atoms with van der Waals surface area (Å²) in [6.07, 6.45) is 4.25. The van der Waals surface area contributed by atoms with Crippen LogP contribution in [0.1, 0.15) is 33.1 Å². The number of rotatable bonds is 3. The molecular weight excluding hydrogens is 178 g/mol. The number of hydrogen-bond donors (Lipinski definition) is 1. The minimum atomic E-state index is 0.585. The van der Waals surface area contributed by atoms with E-state index in [0.29, 0.717) is 10.8 Å². The molecule has 2 fully saturated rings. The SMILES string of the molecule is CC1(C)CN(CC2(CS)CCC2)C1. The van der Waals surface area contributed by atoms with E-state index in [-0.39, 0.29) is 0 Å². The van der Waals surface area contributed by atoms with Gasteiger partial charge in [0.2, 0.25) is 0 Å². The third kappa shape index (κ3) is 1.89. The minimum absolute atomic E-state index is 0.585. The predicted molar refractivity (Wildman–Crippen MR) is 60.4 cm³/mol. The topological polar surface area (TPSA) is 3.24 Å². The van der Waals surface area contributed by atoms with Gasteiger partial charge in [-0.2, -0.15) is 12.6 Å². The van der Waals surface area contributed by atoms with Crippen LogP contribution in [0.3, 0.4) is 0 Å². The summed E-state index contributed by atoms with van der Waals surface area (Å²) in [4.78, 5) is 2.61. The highest BCUT2D eigenvalue weighted by atomic mass is 32.1. The van der Waals surface area contributed by atoms with Crippen molar-refractivity contribution in [1.29, 1.82) is 0 Å². The zero-order valence-electron chi connectivity index (χ0n) is 8.84. The molecule has 1 aliphatic carbocycles. The van der Waals surface area contributed by atoms with E-state index in [1.165, 1.54) is 38.9 Å². The number of nitrogens with zero attached hydrogens (tertiary/aromatic N) is 1. The van der Waals surface area contributed by atoms with Crippen molar-refractivity contribution < 1.29 is 0 Å². The molecule has 1 nitrogen and oxygen atoms in total. The smallest absolute Gasteiger partial charge is 0.00463 e. The molecule has 0 spiro atoms. The van der Waals surface area contributed by atoms with Crippen LogP contribution >= 0.6 is 12.6 Å². The van der Waals surface area contributed by atoms with E-state index in [4.69, 9.17) is 0 Å². The van der Waals surface area contributed by atoms with Gasteiger partial charge in [0.25, 0.3) is 0 Å². The lowest BCUT2D eigenvalue weighted by Crippen LogP contribution is -2.57. The highest BCUT2D eigenvalue weighted by Gasteiger charge is 2.42. The first kappa shape index (κ1) is 9.85. The summed E-state index contributed by atoms with van der Waals surface area (Å²) in [5, 5.41) is 0. The molecule has 2 aliphatic rings. The summed E-state index contributed by atoms with van der Waals surface area (Å²) in [5.41, 5.74) is 1.18. The number of hydrogen-bond acceptors (Lipinski definition) is 2. The van der Waals surface area contributed by atoms with Gasteiger partial charge in [0.15, 0.2) is 0 Å². The quantitative estimate of drug-likeness (QED) is 0.683. The van der Waals surface area contributed by atoms with Gasteiger partial charge >= 0.3 is 0 Å². The Labute approximate surface area is 87.3 Å². The lowest BCUT2D eigenvalue weighted by atomic mass is 9.68. The van der Waals surface area contributed by atoms with Gasteiger partial charge in [0.05, 0.1) is 0 Å². The first-order valence-electron chi connectivity index (χ1n) is 5.39. The Hall–Kier alpha value is 0.310. The third-order valence-corrected chi connectivity index (χ3v) is 4.28. The second-order valence-electron chi connectivity index (χ2n) is 5.82. The Balaban J connectivity index is 1.79. The van der Waals surface area contributed by atoms with Crippen molar-refractivity contribution in [2.75, 3.05) is 25.4 Å². The van der Waals surface area contributed by atoms with E-state index >= 15 is 0 Å². The van der Waals surface area contributed by atoms with Crippen LogP contribution in [0.15, 0.2) is 0 Å².